The number of unbranched alkanes of at least 4 members (excludes halogenated alkanes) is 1. The van der Waals surface area contributed by atoms with E-state index in [1.165, 1.54) is 47.2 Å². The van der Waals surface area contributed by atoms with Crippen molar-refractivity contribution in [2.24, 2.45) is 0 Å². The number of Topliss-reactive ketones (excluding diaryl/α,β-unsaturated/α-hetero) is 1. The average Bonchev–Trinajstić information content (AvgIpc) is 3.65. The number of ketones is 1. The summed E-state index contributed by atoms with van der Waals surface area (Å²) in [7, 11) is 1.33. The van der Waals surface area contributed by atoms with Crippen LogP contribution in [0.5, 0.6) is 11.5 Å². The SMILES string of the molecule is CCCCOc1ccc(C2C(=C(O)c3ccc(OC)c(F)c3)C(=O)C(=O)N2c2nnc(SCc3cccc4ccccc34)s2)cc1. The molecule has 1 saturated heterocycles. The number of ether oxygens (including phenoxy) is 2. The van der Waals surface area contributed by atoms with Gasteiger partial charge in [0.2, 0.25) is 5.13 Å². The van der Waals surface area contributed by atoms with Gasteiger partial charge in [0, 0.05) is 11.3 Å². The molecule has 1 unspecified atom stereocenters. The van der Waals surface area contributed by atoms with Gasteiger partial charge in [0.1, 0.15) is 11.5 Å². The van der Waals surface area contributed by atoms with E-state index in [2.05, 4.69) is 41.4 Å². The molecule has 11 heteroatoms. The molecule has 1 aromatic heterocycles. The number of aliphatic hydroxyl groups excluding tert-OH is 1. The van der Waals surface area contributed by atoms with Crippen LogP contribution in [0.25, 0.3) is 16.5 Å². The van der Waals surface area contributed by atoms with E-state index in [0.717, 1.165) is 35.2 Å². The first-order valence-electron chi connectivity index (χ1n) is 14.7. The maximum atomic E-state index is 14.6. The highest BCUT2D eigenvalue weighted by Crippen LogP contribution is 2.44. The molecule has 0 spiro atoms. The van der Waals surface area contributed by atoms with Gasteiger partial charge in [0.25, 0.3) is 5.78 Å². The monoisotopic (exact) mass is 655 g/mol. The number of rotatable bonds is 11. The van der Waals surface area contributed by atoms with Crippen LogP contribution in [-0.2, 0) is 15.3 Å². The number of hydrogen-bond acceptors (Lipinski definition) is 9. The second-order valence-corrected chi connectivity index (χ2v) is 12.7. The number of carbonyl (C=O) groups is 2. The van der Waals surface area contributed by atoms with E-state index >= 15 is 0 Å². The van der Waals surface area contributed by atoms with Crippen molar-refractivity contribution in [1.82, 2.24) is 10.2 Å². The number of aromatic nitrogens is 2. The van der Waals surface area contributed by atoms with Gasteiger partial charge < -0.3 is 14.6 Å². The lowest BCUT2D eigenvalue weighted by atomic mass is 9.95. The third-order valence-electron chi connectivity index (χ3n) is 7.67. The number of methoxy groups -OCH3 is 1. The van der Waals surface area contributed by atoms with Gasteiger partial charge in [-0.15, -0.1) is 10.2 Å². The molecule has 1 amide bonds. The largest absolute Gasteiger partial charge is 0.507 e. The average molecular weight is 656 g/mol. The number of halogens is 1. The minimum atomic E-state index is -1.04. The van der Waals surface area contributed by atoms with Crippen molar-refractivity contribution < 1.29 is 28.6 Å². The molecule has 0 bridgehead atoms. The molecule has 2 heterocycles. The Balaban J connectivity index is 1.36. The fraction of sp³-hybridized carbons (Fsp3) is 0.200. The number of amides is 1. The van der Waals surface area contributed by atoms with E-state index in [4.69, 9.17) is 9.47 Å². The Bertz CT molecular complexity index is 1940. The highest BCUT2D eigenvalue weighted by molar-refractivity contribution is 8.00. The Morgan fingerprint density at radius 2 is 1.80 bits per heavy atom. The molecule has 0 saturated carbocycles. The van der Waals surface area contributed by atoms with E-state index < -0.39 is 29.3 Å². The Morgan fingerprint density at radius 1 is 1.02 bits per heavy atom. The normalized spacial score (nSPS) is 15.9. The summed E-state index contributed by atoms with van der Waals surface area (Å²) in [4.78, 5) is 28.5. The van der Waals surface area contributed by atoms with Gasteiger partial charge >= 0.3 is 5.91 Å². The summed E-state index contributed by atoms with van der Waals surface area (Å²) in [6.07, 6.45) is 1.89. The van der Waals surface area contributed by atoms with E-state index in [1.807, 2.05) is 18.2 Å². The van der Waals surface area contributed by atoms with Crippen molar-refractivity contribution >= 4 is 56.5 Å². The third kappa shape index (κ3) is 6.20. The summed E-state index contributed by atoms with van der Waals surface area (Å²) in [6.45, 7) is 2.63. The van der Waals surface area contributed by atoms with Crippen molar-refractivity contribution in [1.29, 1.82) is 0 Å². The quantitative estimate of drug-likeness (QED) is 0.0382. The Kier molecular flexibility index (Phi) is 9.32. The number of benzene rings is 4. The maximum absolute atomic E-state index is 14.6. The molecule has 1 aliphatic rings. The van der Waals surface area contributed by atoms with E-state index in [9.17, 15) is 19.1 Å². The maximum Gasteiger partial charge on any atom is 0.301 e. The molecule has 1 fully saturated rings. The second kappa shape index (κ2) is 13.7. The van der Waals surface area contributed by atoms with Gasteiger partial charge in [-0.05, 0) is 58.7 Å². The number of nitrogens with zero attached hydrogens (tertiary/aromatic N) is 3. The molecule has 5 aromatic rings. The van der Waals surface area contributed by atoms with Crippen LogP contribution in [-0.4, -0.2) is 40.7 Å². The van der Waals surface area contributed by atoms with Crippen LogP contribution >= 0.6 is 23.1 Å². The first-order valence-corrected chi connectivity index (χ1v) is 16.5. The third-order valence-corrected chi connectivity index (χ3v) is 9.77. The molecule has 1 atom stereocenters. The van der Waals surface area contributed by atoms with Crippen molar-refractivity contribution in [2.75, 3.05) is 18.6 Å². The molecule has 0 radical (unpaired) electrons. The zero-order valence-electron chi connectivity index (χ0n) is 25.1. The summed E-state index contributed by atoms with van der Waals surface area (Å²) in [5.74, 6) is -1.77. The molecular weight excluding hydrogens is 626 g/mol. The van der Waals surface area contributed by atoms with Crippen LogP contribution < -0.4 is 14.4 Å². The van der Waals surface area contributed by atoms with Crippen molar-refractivity contribution in [3.63, 3.8) is 0 Å². The van der Waals surface area contributed by atoms with Gasteiger partial charge in [0.15, 0.2) is 15.9 Å². The van der Waals surface area contributed by atoms with E-state index in [1.54, 1.807) is 24.3 Å². The molecule has 4 aromatic carbocycles. The standard InChI is InChI=1S/C35H30FN3O5S2/c1-3-4-18-44-25-15-12-22(13-16-25)30-29(31(40)23-14-17-28(43-2)27(36)19-23)32(41)33(42)39(30)34-37-38-35(46-34)45-20-24-10-7-9-21-8-5-6-11-26(21)24/h5-17,19,30,40H,3-4,18,20H2,1-2H3. The fourth-order valence-electron chi connectivity index (χ4n) is 5.31. The number of carbonyl (C=O) groups excluding carboxylic acids is 2. The first-order chi connectivity index (χ1) is 22.4. The van der Waals surface area contributed by atoms with Crippen LogP contribution in [0.3, 0.4) is 0 Å². The van der Waals surface area contributed by atoms with Crippen molar-refractivity contribution in [2.45, 2.75) is 35.9 Å². The summed E-state index contributed by atoms with van der Waals surface area (Å²) >= 11 is 2.66. The number of anilines is 1. The van der Waals surface area contributed by atoms with Crippen molar-refractivity contribution in [3.8, 4) is 11.5 Å². The zero-order chi connectivity index (χ0) is 32.2. The molecule has 6 rings (SSSR count). The van der Waals surface area contributed by atoms with Crippen LogP contribution in [0, 0.1) is 5.82 Å². The Hall–Kier alpha value is -4.74. The van der Waals surface area contributed by atoms with Crippen LogP contribution in [0.4, 0.5) is 9.52 Å². The first kappa shape index (κ1) is 31.3. The van der Waals surface area contributed by atoms with Gasteiger partial charge in [-0.25, -0.2) is 4.39 Å². The summed E-state index contributed by atoms with van der Waals surface area (Å²) in [5.41, 5.74) is 1.52. The summed E-state index contributed by atoms with van der Waals surface area (Å²) < 4.78 is 26.0. The van der Waals surface area contributed by atoms with Gasteiger partial charge in [-0.1, -0.05) is 91.0 Å². The molecule has 234 valence electrons. The summed E-state index contributed by atoms with van der Waals surface area (Å²) in [5, 5.41) is 22.5. The molecule has 1 aliphatic heterocycles. The fourth-order valence-corrected chi connectivity index (χ4v) is 7.18. The highest BCUT2D eigenvalue weighted by atomic mass is 32.2. The second-order valence-electron chi connectivity index (χ2n) is 10.6. The van der Waals surface area contributed by atoms with E-state index in [0.29, 0.717) is 28.0 Å². The predicted molar refractivity (Wildman–Crippen MR) is 178 cm³/mol. The van der Waals surface area contributed by atoms with Crippen molar-refractivity contribution in [3.05, 3.63) is 113 Å². The van der Waals surface area contributed by atoms with Gasteiger partial charge in [0.05, 0.1) is 25.3 Å². The minimum absolute atomic E-state index is 0.0189. The predicted octanol–water partition coefficient (Wildman–Crippen LogP) is 7.94. The molecule has 46 heavy (non-hydrogen) atoms. The lowest BCUT2D eigenvalue weighted by Crippen LogP contribution is -2.29. The Labute approximate surface area is 273 Å². The van der Waals surface area contributed by atoms with Gasteiger partial charge in [-0.2, -0.15) is 0 Å². The topological polar surface area (TPSA) is 102 Å². The zero-order valence-corrected chi connectivity index (χ0v) is 26.7. The lowest BCUT2D eigenvalue weighted by Gasteiger charge is -2.22. The molecule has 8 nitrogen and oxygen atoms in total. The van der Waals surface area contributed by atoms with Crippen LogP contribution in [0.1, 0.15) is 42.5 Å². The van der Waals surface area contributed by atoms with Crippen LogP contribution in [0.2, 0.25) is 0 Å². The lowest BCUT2D eigenvalue weighted by molar-refractivity contribution is -0.132. The molecular formula is C35H30FN3O5S2. The Morgan fingerprint density at radius 3 is 2.57 bits per heavy atom. The van der Waals surface area contributed by atoms with Gasteiger partial charge in [-0.3, -0.25) is 14.5 Å². The van der Waals surface area contributed by atoms with Crippen LogP contribution in [0.15, 0.2) is 94.8 Å². The molecule has 0 aliphatic carbocycles. The minimum Gasteiger partial charge on any atom is -0.507 e. The van der Waals surface area contributed by atoms with E-state index in [-0.39, 0.29) is 22.0 Å². The highest BCUT2D eigenvalue weighted by Gasteiger charge is 2.48. The summed E-state index contributed by atoms with van der Waals surface area (Å²) in [6, 6.07) is 24.1. The molecule has 1 N–H and O–H groups in total. The number of hydrogen-bond donors (Lipinski definition) is 1. The number of fused-ring (bicyclic) bond motifs is 1. The number of aliphatic hydroxyl groups is 1. The number of thioether (sulfide) groups is 1. The smallest absolute Gasteiger partial charge is 0.301 e.